The molecule has 1 heterocycles. The molecule has 0 bridgehead atoms. The predicted molar refractivity (Wildman–Crippen MR) is 55.9 cm³/mol. The summed E-state index contributed by atoms with van der Waals surface area (Å²) in [6.07, 6.45) is 0.911. The Kier molecular flexibility index (Phi) is 2.30. The van der Waals surface area contributed by atoms with Crippen molar-refractivity contribution in [3.05, 3.63) is 27.7 Å². The van der Waals surface area contributed by atoms with Crippen molar-refractivity contribution in [1.82, 2.24) is 0 Å². The molecule has 0 aliphatic carbocycles. The number of fused-ring (bicyclic) bond motifs is 1. The van der Waals surface area contributed by atoms with Crippen LogP contribution in [0.4, 0.5) is 0 Å². The van der Waals surface area contributed by atoms with Crippen LogP contribution < -0.4 is 10.5 Å². The second-order valence-electron chi connectivity index (χ2n) is 3.38. The maximum atomic E-state index is 5.97. The molecule has 1 atom stereocenters. The smallest absolute Gasteiger partial charge is 0.125 e. The number of aryl methyl sites for hydroxylation is 1. The normalized spacial score (nSPS) is 20.7. The molecule has 0 amide bonds. The van der Waals surface area contributed by atoms with Crippen LogP contribution in [0.15, 0.2) is 16.6 Å². The third kappa shape index (κ3) is 1.58. The van der Waals surface area contributed by atoms with Crippen molar-refractivity contribution < 1.29 is 4.74 Å². The van der Waals surface area contributed by atoms with E-state index in [9.17, 15) is 0 Å². The fourth-order valence-corrected chi connectivity index (χ4v) is 1.87. The molecule has 0 unspecified atom stereocenters. The molecule has 2 nitrogen and oxygen atoms in total. The van der Waals surface area contributed by atoms with Crippen LogP contribution in [-0.2, 0) is 0 Å². The first-order valence-corrected chi connectivity index (χ1v) is 5.16. The summed E-state index contributed by atoms with van der Waals surface area (Å²) in [5, 5.41) is 0. The summed E-state index contributed by atoms with van der Waals surface area (Å²) in [5.74, 6) is 0.927. The molecule has 0 aromatic heterocycles. The number of benzene rings is 1. The van der Waals surface area contributed by atoms with E-state index in [4.69, 9.17) is 10.5 Å². The molecule has 13 heavy (non-hydrogen) atoms. The number of nitrogens with two attached hydrogens (primary N) is 1. The van der Waals surface area contributed by atoms with Gasteiger partial charge in [-0.3, -0.25) is 0 Å². The molecule has 1 aliphatic heterocycles. The van der Waals surface area contributed by atoms with Gasteiger partial charge >= 0.3 is 0 Å². The van der Waals surface area contributed by atoms with Crippen LogP contribution in [0.3, 0.4) is 0 Å². The quantitative estimate of drug-likeness (QED) is 0.758. The van der Waals surface area contributed by atoms with Crippen molar-refractivity contribution in [2.75, 3.05) is 6.61 Å². The van der Waals surface area contributed by atoms with Crippen LogP contribution in [0.2, 0.25) is 0 Å². The van der Waals surface area contributed by atoms with E-state index in [1.165, 1.54) is 5.56 Å². The lowest BCUT2D eigenvalue weighted by Gasteiger charge is -2.23. The minimum absolute atomic E-state index is 0.135. The van der Waals surface area contributed by atoms with Gasteiger partial charge in [0.2, 0.25) is 0 Å². The molecule has 0 spiro atoms. The van der Waals surface area contributed by atoms with Crippen molar-refractivity contribution in [2.45, 2.75) is 19.4 Å². The van der Waals surface area contributed by atoms with Gasteiger partial charge in [-0.1, -0.05) is 15.9 Å². The maximum absolute atomic E-state index is 5.97. The highest BCUT2D eigenvalue weighted by atomic mass is 79.9. The van der Waals surface area contributed by atoms with E-state index in [2.05, 4.69) is 28.9 Å². The van der Waals surface area contributed by atoms with E-state index in [-0.39, 0.29) is 6.04 Å². The van der Waals surface area contributed by atoms with Crippen molar-refractivity contribution in [3.8, 4) is 5.75 Å². The Hall–Kier alpha value is -0.540. The SMILES string of the molecule is Cc1cc2c(cc1Br)OCC[C@@H]2N. The predicted octanol–water partition coefficient (Wildman–Crippen LogP) is 2.54. The number of halogens is 1. The topological polar surface area (TPSA) is 35.2 Å². The van der Waals surface area contributed by atoms with E-state index < -0.39 is 0 Å². The molecule has 0 fully saturated rings. The summed E-state index contributed by atoms with van der Waals surface area (Å²) in [6.45, 7) is 2.79. The van der Waals surface area contributed by atoms with Gasteiger partial charge in [0, 0.05) is 22.5 Å². The van der Waals surface area contributed by atoms with E-state index in [1.807, 2.05) is 6.07 Å². The van der Waals surface area contributed by atoms with Gasteiger partial charge < -0.3 is 10.5 Å². The van der Waals surface area contributed by atoms with Crippen molar-refractivity contribution in [3.63, 3.8) is 0 Å². The number of hydrogen-bond acceptors (Lipinski definition) is 2. The Bertz CT molecular complexity index is 338. The summed E-state index contributed by atoms with van der Waals surface area (Å²) in [7, 11) is 0. The molecule has 0 saturated heterocycles. The van der Waals surface area contributed by atoms with Crippen LogP contribution in [0.25, 0.3) is 0 Å². The molecule has 0 saturated carbocycles. The Morgan fingerprint density at radius 1 is 1.54 bits per heavy atom. The molecule has 3 heteroatoms. The Morgan fingerprint density at radius 2 is 2.31 bits per heavy atom. The van der Waals surface area contributed by atoms with Gasteiger partial charge in [0.15, 0.2) is 0 Å². The molecular formula is C10H12BrNO. The number of ether oxygens (including phenoxy) is 1. The van der Waals surface area contributed by atoms with Crippen LogP contribution in [0.1, 0.15) is 23.6 Å². The molecular weight excluding hydrogens is 230 g/mol. The van der Waals surface area contributed by atoms with Gasteiger partial charge in [-0.25, -0.2) is 0 Å². The van der Waals surface area contributed by atoms with Gasteiger partial charge in [0.25, 0.3) is 0 Å². The summed E-state index contributed by atoms with van der Waals surface area (Å²) >= 11 is 3.47. The Morgan fingerprint density at radius 3 is 3.08 bits per heavy atom. The van der Waals surface area contributed by atoms with Crippen molar-refractivity contribution in [1.29, 1.82) is 0 Å². The fraction of sp³-hybridized carbons (Fsp3) is 0.400. The Labute approximate surface area is 86.2 Å². The minimum Gasteiger partial charge on any atom is -0.493 e. The number of rotatable bonds is 0. The maximum Gasteiger partial charge on any atom is 0.125 e. The first kappa shape index (κ1) is 9.03. The highest BCUT2D eigenvalue weighted by molar-refractivity contribution is 9.10. The lowest BCUT2D eigenvalue weighted by molar-refractivity contribution is 0.268. The second-order valence-corrected chi connectivity index (χ2v) is 4.24. The zero-order chi connectivity index (χ0) is 9.42. The average molecular weight is 242 g/mol. The zero-order valence-electron chi connectivity index (χ0n) is 7.51. The van der Waals surface area contributed by atoms with Gasteiger partial charge in [-0.15, -0.1) is 0 Å². The highest BCUT2D eigenvalue weighted by Gasteiger charge is 2.18. The Balaban J connectivity index is 2.52. The number of hydrogen-bond donors (Lipinski definition) is 1. The van der Waals surface area contributed by atoms with Gasteiger partial charge in [0.05, 0.1) is 6.61 Å². The largest absolute Gasteiger partial charge is 0.493 e. The molecule has 1 aliphatic rings. The monoisotopic (exact) mass is 241 g/mol. The van der Waals surface area contributed by atoms with E-state index >= 15 is 0 Å². The first-order chi connectivity index (χ1) is 6.18. The first-order valence-electron chi connectivity index (χ1n) is 4.37. The molecule has 1 aromatic rings. The highest BCUT2D eigenvalue weighted by Crippen LogP contribution is 2.34. The fourth-order valence-electron chi connectivity index (χ4n) is 1.55. The third-order valence-electron chi connectivity index (χ3n) is 2.38. The summed E-state index contributed by atoms with van der Waals surface area (Å²) in [6, 6.07) is 4.24. The minimum atomic E-state index is 0.135. The average Bonchev–Trinajstić information content (AvgIpc) is 2.09. The molecule has 1 aromatic carbocycles. The molecule has 0 radical (unpaired) electrons. The van der Waals surface area contributed by atoms with Gasteiger partial charge in [-0.2, -0.15) is 0 Å². The van der Waals surface area contributed by atoms with Crippen molar-refractivity contribution >= 4 is 15.9 Å². The molecule has 2 rings (SSSR count). The molecule has 70 valence electrons. The van der Waals surface area contributed by atoms with E-state index in [0.717, 1.165) is 28.8 Å². The standard InChI is InChI=1S/C10H12BrNO/c1-6-4-7-9(12)2-3-13-10(7)5-8(6)11/h4-5,9H,2-3,12H2,1H3/t9-/m0/s1. The van der Waals surface area contributed by atoms with Crippen LogP contribution in [0, 0.1) is 6.92 Å². The van der Waals surface area contributed by atoms with Gasteiger partial charge in [0.1, 0.15) is 5.75 Å². The molecule has 2 N–H and O–H groups in total. The van der Waals surface area contributed by atoms with E-state index in [1.54, 1.807) is 0 Å². The lowest BCUT2D eigenvalue weighted by atomic mass is 10.00. The van der Waals surface area contributed by atoms with Crippen LogP contribution in [-0.4, -0.2) is 6.61 Å². The van der Waals surface area contributed by atoms with Crippen LogP contribution >= 0.6 is 15.9 Å². The van der Waals surface area contributed by atoms with Crippen LogP contribution in [0.5, 0.6) is 5.75 Å². The third-order valence-corrected chi connectivity index (χ3v) is 3.23. The lowest BCUT2D eigenvalue weighted by Crippen LogP contribution is -2.20. The van der Waals surface area contributed by atoms with Gasteiger partial charge in [-0.05, 0) is 24.6 Å². The summed E-state index contributed by atoms with van der Waals surface area (Å²) < 4.78 is 6.60. The zero-order valence-corrected chi connectivity index (χ0v) is 9.10. The summed E-state index contributed by atoms with van der Waals surface area (Å²) in [5.41, 5.74) is 8.31. The summed E-state index contributed by atoms with van der Waals surface area (Å²) in [4.78, 5) is 0. The second kappa shape index (κ2) is 3.31. The van der Waals surface area contributed by atoms with Crippen molar-refractivity contribution in [2.24, 2.45) is 5.73 Å². The van der Waals surface area contributed by atoms with E-state index in [0.29, 0.717) is 0 Å².